The minimum atomic E-state index is 0.0855. The van der Waals surface area contributed by atoms with Gasteiger partial charge in [0.05, 0.1) is 0 Å². The van der Waals surface area contributed by atoms with Crippen molar-refractivity contribution in [2.75, 3.05) is 5.73 Å². The fraction of sp³-hybridized carbons (Fsp3) is 0.222. The molecule has 0 radical (unpaired) electrons. The Hall–Kier alpha value is -1.82. The lowest BCUT2D eigenvalue weighted by atomic mass is 10.5. The van der Waals surface area contributed by atoms with E-state index in [9.17, 15) is 0 Å². The summed E-state index contributed by atoms with van der Waals surface area (Å²) in [7, 11) is 0. The van der Waals surface area contributed by atoms with Crippen LogP contribution < -0.4 is 10.6 Å². The number of hydrogen-bond donors (Lipinski definition) is 1. The molecule has 0 aromatic carbocycles. The lowest BCUT2D eigenvalue weighted by molar-refractivity contribution is 0.221. The maximum Gasteiger partial charge on any atom is 0.223 e. The predicted molar refractivity (Wildman–Crippen MR) is 60.8 cm³/mol. The molecule has 0 saturated heterocycles. The first-order valence-corrected chi connectivity index (χ1v) is 5.08. The van der Waals surface area contributed by atoms with Gasteiger partial charge < -0.3 is 10.6 Å². The van der Waals surface area contributed by atoms with Crippen molar-refractivity contribution < 1.29 is 4.84 Å². The van der Waals surface area contributed by atoms with Gasteiger partial charge in [0.15, 0.2) is 5.15 Å². The van der Waals surface area contributed by atoms with Crippen LogP contribution in [0.4, 0.5) is 5.95 Å². The van der Waals surface area contributed by atoms with E-state index in [0.29, 0.717) is 11.2 Å². The Labute approximate surface area is 96.7 Å². The van der Waals surface area contributed by atoms with Gasteiger partial charge in [-0.15, -0.1) is 4.73 Å². The molecule has 2 rings (SSSR count). The third kappa shape index (κ3) is 1.92. The van der Waals surface area contributed by atoms with E-state index in [0.717, 1.165) is 6.42 Å². The molecular formula is C9H10ClN5O. The highest BCUT2D eigenvalue weighted by Gasteiger charge is 2.10. The number of imidazole rings is 1. The van der Waals surface area contributed by atoms with Gasteiger partial charge in [-0.1, -0.05) is 18.5 Å². The van der Waals surface area contributed by atoms with E-state index < -0.39 is 0 Å². The number of allylic oxidation sites excluding steroid dienone is 1. The average Bonchev–Trinajstić information content (AvgIpc) is 2.62. The normalized spacial score (nSPS) is 11.4. The van der Waals surface area contributed by atoms with Crippen molar-refractivity contribution in [2.24, 2.45) is 0 Å². The maximum absolute atomic E-state index is 5.86. The number of aromatic nitrogens is 4. The molecule has 0 bridgehead atoms. The van der Waals surface area contributed by atoms with E-state index in [1.54, 1.807) is 6.26 Å². The van der Waals surface area contributed by atoms with Crippen LogP contribution in [0.25, 0.3) is 11.2 Å². The van der Waals surface area contributed by atoms with Crippen LogP contribution in [-0.2, 0) is 0 Å². The van der Waals surface area contributed by atoms with E-state index in [-0.39, 0.29) is 11.1 Å². The van der Waals surface area contributed by atoms with Crippen LogP contribution in [0.15, 0.2) is 18.7 Å². The Balaban J connectivity index is 2.43. The second kappa shape index (κ2) is 4.36. The van der Waals surface area contributed by atoms with E-state index in [1.807, 2.05) is 13.0 Å². The van der Waals surface area contributed by atoms with Crippen molar-refractivity contribution in [3.8, 4) is 0 Å². The minimum Gasteiger partial charge on any atom is -0.380 e. The smallest absolute Gasteiger partial charge is 0.223 e. The quantitative estimate of drug-likeness (QED) is 0.647. The van der Waals surface area contributed by atoms with Gasteiger partial charge in [-0.2, -0.15) is 9.97 Å². The average molecular weight is 240 g/mol. The number of nitrogens with two attached hydrogens (primary N) is 1. The van der Waals surface area contributed by atoms with Crippen LogP contribution in [0.3, 0.4) is 0 Å². The second-order valence-electron chi connectivity index (χ2n) is 3.00. The molecule has 0 amide bonds. The third-order valence-corrected chi connectivity index (χ3v) is 2.11. The standard InChI is InChI=1S/C9H10ClN5O/c1-2-3-4-16-15-5-12-6-7(10)13-9(11)14-8(6)15/h3-5H,2H2,1H3,(H2,11,13,14). The summed E-state index contributed by atoms with van der Waals surface area (Å²) in [5.74, 6) is 0.0855. The van der Waals surface area contributed by atoms with Crippen molar-refractivity contribution in [1.82, 2.24) is 19.7 Å². The number of rotatable bonds is 3. The number of fused-ring (bicyclic) bond motifs is 1. The molecule has 2 N–H and O–H groups in total. The van der Waals surface area contributed by atoms with Crippen molar-refractivity contribution in [3.63, 3.8) is 0 Å². The van der Waals surface area contributed by atoms with Crippen LogP contribution >= 0.6 is 11.6 Å². The van der Waals surface area contributed by atoms with Crippen LogP contribution in [0.5, 0.6) is 0 Å². The molecule has 0 unspecified atom stereocenters. The Bertz CT molecular complexity index is 536. The molecule has 2 heterocycles. The zero-order chi connectivity index (χ0) is 11.5. The number of nitrogen functional groups attached to an aromatic ring is 1. The van der Waals surface area contributed by atoms with Crippen LogP contribution in [0.2, 0.25) is 5.15 Å². The minimum absolute atomic E-state index is 0.0855. The van der Waals surface area contributed by atoms with Crippen LogP contribution in [0, 0.1) is 0 Å². The molecular weight excluding hydrogens is 230 g/mol. The van der Waals surface area contributed by atoms with Gasteiger partial charge in [0.2, 0.25) is 11.6 Å². The van der Waals surface area contributed by atoms with E-state index in [4.69, 9.17) is 22.2 Å². The molecule has 16 heavy (non-hydrogen) atoms. The molecule has 0 fully saturated rings. The maximum atomic E-state index is 5.86. The zero-order valence-electron chi connectivity index (χ0n) is 8.59. The molecule has 0 aliphatic rings. The molecule has 84 valence electrons. The number of anilines is 1. The lowest BCUT2D eigenvalue weighted by Crippen LogP contribution is -2.05. The van der Waals surface area contributed by atoms with E-state index in [2.05, 4.69) is 15.0 Å². The van der Waals surface area contributed by atoms with Gasteiger partial charge >= 0.3 is 0 Å². The molecule has 6 nitrogen and oxygen atoms in total. The van der Waals surface area contributed by atoms with Gasteiger partial charge in [0.1, 0.15) is 18.1 Å². The molecule has 0 spiro atoms. The topological polar surface area (TPSA) is 78.8 Å². The van der Waals surface area contributed by atoms with Crippen molar-refractivity contribution in [1.29, 1.82) is 0 Å². The molecule has 0 atom stereocenters. The monoisotopic (exact) mass is 239 g/mol. The Morgan fingerprint density at radius 3 is 3.12 bits per heavy atom. The summed E-state index contributed by atoms with van der Waals surface area (Å²) in [6, 6.07) is 0. The zero-order valence-corrected chi connectivity index (χ0v) is 9.35. The molecule has 2 aromatic rings. The number of nitrogens with zero attached hydrogens (tertiary/aromatic N) is 4. The highest BCUT2D eigenvalue weighted by Crippen LogP contribution is 2.18. The number of halogens is 1. The summed E-state index contributed by atoms with van der Waals surface area (Å²) in [4.78, 5) is 17.1. The highest BCUT2D eigenvalue weighted by molar-refractivity contribution is 6.33. The van der Waals surface area contributed by atoms with Gasteiger partial charge in [0.25, 0.3) is 0 Å². The summed E-state index contributed by atoms with van der Waals surface area (Å²) >= 11 is 5.86. The Morgan fingerprint density at radius 1 is 1.56 bits per heavy atom. The SMILES string of the molecule is CCC=COn1cnc2c(Cl)nc(N)nc21. The molecule has 0 aliphatic heterocycles. The summed E-state index contributed by atoms with van der Waals surface area (Å²) in [5.41, 5.74) is 6.39. The highest BCUT2D eigenvalue weighted by atomic mass is 35.5. The Morgan fingerprint density at radius 2 is 2.38 bits per heavy atom. The first kappa shape index (κ1) is 10.7. The predicted octanol–water partition coefficient (Wildman–Crippen LogP) is 1.41. The second-order valence-corrected chi connectivity index (χ2v) is 3.36. The Kier molecular flexibility index (Phi) is 2.91. The fourth-order valence-corrected chi connectivity index (χ4v) is 1.36. The summed E-state index contributed by atoms with van der Waals surface area (Å²) < 4.78 is 1.38. The molecule has 0 aliphatic carbocycles. The molecule has 0 saturated carbocycles. The van der Waals surface area contributed by atoms with E-state index >= 15 is 0 Å². The van der Waals surface area contributed by atoms with Crippen molar-refractivity contribution in [3.05, 3.63) is 23.8 Å². The van der Waals surface area contributed by atoms with E-state index in [1.165, 1.54) is 11.1 Å². The fourth-order valence-electron chi connectivity index (χ4n) is 1.14. The molecule has 2 aromatic heterocycles. The van der Waals surface area contributed by atoms with Gasteiger partial charge in [-0.25, -0.2) is 4.98 Å². The van der Waals surface area contributed by atoms with Crippen molar-refractivity contribution in [2.45, 2.75) is 13.3 Å². The van der Waals surface area contributed by atoms with Gasteiger partial charge in [-0.3, -0.25) is 0 Å². The van der Waals surface area contributed by atoms with Crippen molar-refractivity contribution >= 4 is 28.7 Å². The first-order chi connectivity index (χ1) is 7.72. The summed E-state index contributed by atoms with van der Waals surface area (Å²) in [5, 5.41) is 0.212. The molecule has 7 heteroatoms. The van der Waals surface area contributed by atoms with Crippen LogP contribution in [-0.4, -0.2) is 19.7 Å². The first-order valence-electron chi connectivity index (χ1n) is 4.70. The van der Waals surface area contributed by atoms with Gasteiger partial charge in [-0.05, 0) is 12.5 Å². The summed E-state index contributed by atoms with van der Waals surface area (Å²) in [6.07, 6.45) is 5.75. The van der Waals surface area contributed by atoms with Gasteiger partial charge in [0, 0.05) is 0 Å². The third-order valence-electron chi connectivity index (χ3n) is 1.85. The van der Waals surface area contributed by atoms with Crippen LogP contribution in [0.1, 0.15) is 13.3 Å². The lowest BCUT2D eigenvalue weighted by Gasteiger charge is -2.01. The summed E-state index contributed by atoms with van der Waals surface area (Å²) in [6.45, 7) is 2.00. The largest absolute Gasteiger partial charge is 0.380 e. The number of hydrogen-bond acceptors (Lipinski definition) is 5.